The van der Waals surface area contributed by atoms with Crippen molar-refractivity contribution in [2.45, 2.75) is 32.6 Å². The molecule has 4 aromatic rings. The number of benzene rings is 1. The van der Waals surface area contributed by atoms with Crippen LogP contribution in [0.5, 0.6) is 0 Å². The average Bonchev–Trinajstić information content (AvgIpc) is 2.85. The Morgan fingerprint density at radius 2 is 1.85 bits per heavy atom. The van der Waals surface area contributed by atoms with Gasteiger partial charge in [0.15, 0.2) is 0 Å². The van der Waals surface area contributed by atoms with Gasteiger partial charge in [-0.25, -0.2) is 4.98 Å². The fourth-order valence-corrected chi connectivity index (χ4v) is 4.57. The predicted molar refractivity (Wildman–Crippen MR) is 134 cm³/mol. The summed E-state index contributed by atoms with van der Waals surface area (Å²) in [4.78, 5) is 38.1. The summed E-state index contributed by atoms with van der Waals surface area (Å²) in [6, 6.07) is 16.0. The summed E-state index contributed by atoms with van der Waals surface area (Å²) < 4.78 is 0. The third-order valence-electron chi connectivity index (χ3n) is 6.55. The van der Waals surface area contributed by atoms with Crippen molar-refractivity contribution in [3.8, 4) is 11.3 Å². The van der Waals surface area contributed by atoms with Crippen molar-refractivity contribution in [2.75, 3.05) is 18.4 Å². The molecule has 34 heavy (non-hydrogen) atoms. The molecule has 0 spiro atoms. The van der Waals surface area contributed by atoms with E-state index >= 15 is 0 Å². The van der Waals surface area contributed by atoms with E-state index in [1.54, 1.807) is 19.3 Å². The van der Waals surface area contributed by atoms with E-state index in [9.17, 15) is 9.59 Å². The molecule has 0 unspecified atom stereocenters. The molecule has 1 saturated heterocycles. The number of aryl methyl sites for hydroxylation is 1. The molecule has 0 saturated carbocycles. The zero-order chi connectivity index (χ0) is 23.7. The van der Waals surface area contributed by atoms with E-state index in [-0.39, 0.29) is 11.5 Å². The Hall–Kier alpha value is -4.00. The molecule has 0 aliphatic carbocycles. The van der Waals surface area contributed by atoms with E-state index in [0.717, 1.165) is 54.0 Å². The van der Waals surface area contributed by atoms with Crippen LogP contribution in [0, 0.1) is 6.92 Å². The third kappa shape index (κ3) is 4.41. The number of aromatic nitrogens is 3. The van der Waals surface area contributed by atoms with Crippen LogP contribution < -0.4 is 10.9 Å². The number of rotatable bonds is 4. The molecule has 1 fully saturated rings. The van der Waals surface area contributed by atoms with Crippen molar-refractivity contribution < 1.29 is 4.79 Å². The van der Waals surface area contributed by atoms with E-state index in [4.69, 9.17) is 4.98 Å². The number of carbonyl (C=O) groups excluding carboxylic acids is 1. The van der Waals surface area contributed by atoms with Gasteiger partial charge in [-0.2, -0.15) is 0 Å². The summed E-state index contributed by atoms with van der Waals surface area (Å²) in [7, 11) is 0. The highest BCUT2D eigenvalue weighted by Crippen LogP contribution is 2.31. The molecule has 1 aliphatic heterocycles. The van der Waals surface area contributed by atoms with Crippen LogP contribution in [0.15, 0.2) is 65.7 Å². The molecule has 1 amide bonds. The molecule has 7 heteroatoms. The SMILES string of the molecule is CC(=O)N1CCC(c2ccc(Nc3nc(-c4ccc(C)nc4)cc4cc[nH]c(=O)c34)cc2)CC1. The van der Waals surface area contributed by atoms with Crippen LogP contribution in [-0.2, 0) is 4.79 Å². The van der Waals surface area contributed by atoms with E-state index < -0.39 is 0 Å². The molecule has 0 bridgehead atoms. The van der Waals surface area contributed by atoms with Crippen molar-refractivity contribution in [2.24, 2.45) is 0 Å². The molecular formula is C27H27N5O2. The number of carbonyl (C=O) groups is 1. The number of pyridine rings is 3. The van der Waals surface area contributed by atoms with Gasteiger partial charge >= 0.3 is 0 Å². The standard InChI is InChI=1S/C27H27N5O2/c1-17-3-4-22(16-29-17)24-15-21-9-12-28-27(34)25(21)26(31-24)30-23-7-5-19(6-8-23)20-10-13-32(14-11-20)18(2)33/h3-9,12,15-16,20H,10-11,13-14H2,1-2H3,(H,28,34)(H,30,31). The maximum atomic E-state index is 12.6. The molecule has 2 N–H and O–H groups in total. The smallest absolute Gasteiger partial charge is 0.259 e. The van der Waals surface area contributed by atoms with E-state index in [2.05, 4.69) is 27.4 Å². The molecular weight excluding hydrogens is 426 g/mol. The van der Waals surface area contributed by atoms with Crippen LogP contribution in [0.25, 0.3) is 22.0 Å². The van der Waals surface area contributed by atoms with Crippen LogP contribution in [0.2, 0.25) is 0 Å². The molecule has 7 nitrogen and oxygen atoms in total. The fourth-order valence-electron chi connectivity index (χ4n) is 4.57. The fraction of sp³-hybridized carbons (Fsp3) is 0.259. The molecule has 4 heterocycles. The van der Waals surface area contributed by atoms with Crippen LogP contribution in [0.4, 0.5) is 11.5 Å². The lowest BCUT2D eigenvalue weighted by atomic mass is 9.89. The van der Waals surface area contributed by atoms with Crippen LogP contribution in [-0.4, -0.2) is 38.8 Å². The monoisotopic (exact) mass is 453 g/mol. The zero-order valence-corrected chi connectivity index (χ0v) is 19.3. The van der Waals surface area contributed by atoms with Gasteiger partial charge in [0.1, 0.15) is 5.82 Å². The first-order chi connectivity index (χ1) is 16.5. The second-order valence-electron chi connectivity index (χ2n) is 8.84. The van der Waals surface area contributed by atoms with Crippen molar-refractivity contribution in [1.82, 2.24) is 19.9 Å². The minimum absolute atomic E-state index is 0.149. The summed E-state index contributed by atoms with van der Waals surface area (Å²) in [6.07, 6.45) is 5.39. The summed E-state index contributed by atoms with van der Waals surface area (Å²) in [5.74, 6) is 1.11. The largest absolute Gasteiger partial charge is 0.343 e. The highest BCUT2D eigenvalue weighted by Gasteiger charge is 2.22. The quantitative estimate of drug-likeness (QED) is 0.465. The second kappa shape index (κ2) is 9.09. The Labute approximate surface area is 197 Å². The molecule has 1 aromatic carbocycles. The maximum absolute atomic E-state index is 12.6. The Bertz CT molecular complexity index is 1390. The molecule has 172 valence electrons. The van der Waals surface area contributed by atoms with Gasteiger partial charge in [-0.05, 0) is 73.0 Å². The number of nitrogens with zero attached hydrogens (tertiary/aromatic N) is 3. The average molecular weight is 454 g/mol. The van der Waals surface area contributed by atoms with Crippen LogP contribution in [0.1, 0.15) is 36.9 Å². The number of hydrogen-bond acceptors (Lipinski definition) is 5. The number of piperidine rings is 1. The van der Waals surface area contributed by atoms with Gasteiger partial charge in [-0.15, -0.1) is 0 Å². The van der Waals surface area contributed by atoms with Gasteiger partial charge in [0.25, 0.3) is 5.56 Å². The van der Waals surface area contributed by atoms with Gasteiger partial charge in [0, 0.05) is 49.4 Å². The summed E-state index contributed by atoms with van der Waals surface area (Å²) >= 11 is 0. The van der Waals surface area contributed by atoms with Crippen LogP contribution >= 0.6 is 0 Å². The molecule has 0 radical (unpaired) electrons. The highest BCUT2D eigenvalue weighted by molar-refractivity contribution is 5.95. The molecule has 0 atom stereocenters. The van der Waals surface area contributed by atoms with Crippen molar-refractivity contribution in [3.05, 3.63) is 82.5 Å². The molecule has 1 aliphatic rings. The summed E-state index contributed by atoms with van der Waals surface area (Å²) in [5, 5.41) is 4.69. The van der Waals surface area contributed by atoms with Gasteiger partial charge in [-0.1, -0.05) is 12.1 Å². The number of fused-ring (bicyclic) bond motifs is 1. The first-order valence-electron chi connectivity index (χ1n) is 11.6. The number of nitrogens with one attached hydrogen (secondary N) is 2. The van der Waals surface area contributed by atoms with E-state index in [0.29, 0.717) is 17.1 Å². The zero-order valence-electron chi connectivity index (χ0n) is 19.3. The molecule has 5 rings (SSSR count). The summed E-state index contributed by atoms with van der Waals surface area (Å²) in [5.41, 5.74) is 4.52. The van der Waals surface area contributed by atoms with Crippen molar-refractivity contribution >= 4 is 28.2 Å². The first kappa shape index (κ1) is 21.8. The number of aromatic amines is 1. The third-order valence-corrected chi connectivity index (χ3v) is 6.55. The highest BCUT2D eigenvalue weighted by atomic mass is 16.2. The van der Waals surface area contributed by atoms with Crippen molar-refractivity contribution in [1.29, 1.82) is 0 Å². The lowest BCUT2D eigenvalue weighted by Crippen LogP contribution is -2.36. The second-order valence-corrected chi connectivity index (χ2v) is 8.84. The lowest BCUT2D eigenvalue weighted by molar-refractivity contribution is -0.129. The minimum atomic E-state index is -0.185. The molecule has 3 aromatic heterocycles. The Morgan fingerprint density at radius 3 is 2.53 bits per heavy atom. The Balaban J connectivity index is 1.43. The van der Waals surface area contributed by atoms with Crippen LogP contribution in [0.3, 0.4) is 0 Å². The maximum Gasteiger partial charge on any atom is 0.259 e. The van der Waals surface area contributed by atoms with Gasteiger partial charge < -0.3 is 15.2 Å². The van der Waals surface area contributed by atoms with E-state index in [1.165, 1.54) is 5.56 Å². The lowest BCUT2D eigenvalue weighted by Gasteiger charge is -2.31. The Morgan fingerprint density at radius 1 is 1.09 bits per heavy atom. The number of likely N-dealkylation sites (tertiary alicyclic amines) is 1. The van der Waals surface area contributed by atoms with Gasteiger partial charge in [0.05, 0.1) is 11.1 Å². The van der Waals surface area contributed by atoms with Crippen molar-refractivity contribution in [3.63, 3.8) is 0 Å². The topological polar surface area (TPSA) is 91.0 Å². The number of H-pyrrole nitrogens is 1. The normalized spacial score (nSPS) is 14.4. The Kier molecular flexibility index (Phi) is 5.84. The number of hydrogen-bond donors (Lipinski definition) is 2. The summed E-state index contributed by atoms with van der Waals surface area (Å²) in [6.45, 7) is 5.19. The van der Waals surface area contributed by atoms with E-state index in [1.807, 2.05) is 48.2 Å². The number of anilines is 2. The minimum Gasteiger partial charge on any atom is -0.343 e. The van der Waals surface area contributed by atoms with Gasteiger partial charge in [-0.3, -0.25) is 14.6 Å². The predicted octanol–water partition coefficient (Wildman–Crippen LogP) is 4.76. The van der Waals surface area contributed by atoms with Gasteiger partial charge in [0.2, 0.25) is 5.91 Å². The number of amides is 1. The first-order valence-corrected chi connectivity index (χ1v) is 11.6.